The zero-order chi connectivity index (χ0) is 28.3. The van der Waals surface area contributed by atoms with Crippen LogP contribution in [0.1, 0.15) is 36.1 Å². The zero-order valence-electron chi connectivity index (χ0n) is 23.6. The maximum absolute atomic E-state index is 5.28. The van der Waals surface area contributed by atoms with Gasteiger partial charge in [-0.2, -0.15) is 0 Å². The van der Waals surface area contributed by atoms with Crippen molar-refractivity contribution in [2.24, 2.45) is 0 Å². The van der Waals surface area contributed by atoms with E-state index in [1.807, 2.05) is 6.20 Å². The average molecular weight is 544 g/mol. The first-order chi connectivity index (χ1) is 20.4. The summed E-state index contributed by atoms with van der Waals surface area (Å²) >= 11 is 0. The van der Waals surface area contributed by atoms with Crippen LogP contribution in [-0.4, -0.2) is 34.5 Å². The van der Waals surface area contributed by atoms with Crippen LogP contribution < -0.4 is 0 Å². The average Bonchev–Trinajstić information content (AvgIpc) is 3.48. The summed E-state index contributed by atoms with van der Waals surface area (Å²) in [4.78, 5) is 28.7. The van der Waals surface area contributed by atoms with E-state index in [4.69, 9.17) is 9.97 Å². The Bertz CT molecular complexity index is 2440. The monoisotopic (exact) mass is 543 g/mol. The molecule has 0 atom stereocenters. The van der Waals surface area contributed by atoms with Gasteiger partial charge in [0.15, 0.2) is 5.82 Å². The standard InChI is InChI=1S/C35H25N7/c1-18-8-7-10-21-25-26-22(20-9-5-6-11-23(20)35(26,3)4)16-19(2)34(25)42(33(18)21)24-17-40-31-29-27(36-12-13-38-29)28-30(32(31)41-24)39-15-14-37-28/h5-17H,1-4H3. The predicted molar refractivity (Wildman–Crippen MR) is 167 cm³/mol. The molecule has 0 aliphatic heterocycles. The Morgan fingerprint density at radius 1 is 0.619 bits per heavy atom. The molecule has 42 heavy (non-hydrogen) atoms. The molecule has 4 heterocycles. The Balaban J connectivity index is 1.46. The van der Waals surface area contributed by atoms with Crippen molar-refractivity contribution < 1.29 is 0 Å². The number of nitrogens with zero attached hydrogens (tertiary/aromatic N) is 7. The smallest absolute Gasteiger partial charge is 0.157 e. The minimum absolute atomic E-state index is 0.154. The minimum Gasteiger partial charge on any atom is -0.292 e. The van der Waals surface area contributed by atoms with Gasteiger partial charge in [0.2, 0.25) is 0 Å². The Hall–Kier alpha value is -5.30. The summed E-state index contributed by atoms with van der Waals surface area (Å²) in [6, 6.07) is 17.8. The summed E-state index contributed by atoms with van der Waals surface area (Å²) < 4.78 is 2.30. The van der Waals surface area contributed by atoms with Crippen LogP contribution in [0.4, 0.5) is 0 Å². The molecule has 8 aromatic rings. The van der Waals surface area contributed by atoms with Crippen molar-refractivity contribution in [2.75, 3.05) is 0 Å². The molecule has 1 aliphatic carbocycles. The summed E-state index contributed by atoms with van der Waals surface area (Å²) in [7, 11) is 0. The van der Waals surface area contributed by atoms with Gasteiger partial charge >= 0.3 is 0 Å². The van der Waals surface area contributed by atoms with E-state index in [0.29, 0.717) is 33.1 Å². The van der Waals surface area contributed by atoms with Crippen LogP contribution in [0.5, 0.6) is 0 Å². The lowest BCUT2D eigenvalue weighted by Gasteiger charge is -2.23. The van der Waals surface area contributed by atoms with Crippen LogP contribution in [0.2, 0.25) is 0 Å². The molecular weight excluding hydrogens is 518 g/mol. The van der Waals surface area contributed by atoms with Crippen LogP contribution in [0.25, 0.3) is 71.9 Å². The highest BCUT2D eigenvalue weighted by Gasteiger charge is 2.38. The van der Waals surface area contributed by atoms with Gasteiger partial charge in [-0.15, -0.1) is 0 Å². The van der Waals surface area contributed by atoms with Crippen molar-refractivity contribution in [1.29, 1.82) is 0 Å². The third-order valence-corrected chi connectivity index (χ3v) is 9.02. The maximum atomic E-state index is 5.28. The molecular formula is C35H25N7. The van der Waals surface area contributed by atoms with Crippen molar-refractivity contribution in [3.05, 3.63) is 102 Å². The van der Waals surface area contributed by atoms with Gasteiger partial charge in [0, 0.05) is 41.0 Å². The molecule has 0 bridgehead atoms. The van der Waals surface area contributed by atoms with E-state index in [-0.39, 0.29) is 5.41 Å². The van der Waals surface area contributed by atoms with Gasteiger partial charge in [-0.05, 0) is 53.3 Å². The van der Waals surface area contributed by atoms with Gasteiger partial charge in [-0.25, -0.2) is 9.97 Å². The zero-order valence-corrected chi connectivity index (χ0v) is 23.6. The second-order valence-electron chi connectivity index (χ2n) is 11.7. The van der Waals surface area contributed by atoms with E-state index in [0.717, 1.165) is 16.9 Å². The largest absolute Gasteiger partial charge is 0.292 e. The normalized spacial score (nSPS) is 13.9. The van der Waals surface area contributed by atoms with Gasteiger partial charge < -0.3 is 0 Å². The molecule has 1 aliphatic rings. The number of fused-ring (bicyclic) bond motifs is 13. The summed E-state index contributed by atoms with van der Waals surface area (Å²) in [5, 5.41) is 2.50. The molecule has 0 spiro atoms. The molecule has 7 nitrogen and oxygen atoms in total. The second kappa shape index (κ2) is 7.91. The highest BCUT2D eigenvalue weighted by molar-refractivity contribution is 6.18. The van der Waals surface area contributed by atoms with E-state index in [1.54, 1.807) is 24.8 Å². The van der Waals surface area contributed by atoms with Crippen molar-refractivity contribution in [3.8, 4) is 16.9 Å². The number of para-hydroxylation sites is 1. The highest BCUT2D eigenvalue weighted by atomic mass is 15.1. The summed E-state index contributed by atoms with van der Waals surface area (Å²) in [6.07, 6.45) is 8.58. The lowest BCUT2D eigenvalue weighted by atomic mass is 9.80. The number of aromatic nitrogens is 7. The molecule has 200 valence electrons. The van der Waals surface area contributed by atoms with Gasteiger partial charge in [-0.1, -0.05) is 56.3 Å². The molecule has 0 fully saturated rings. The van der Waals surface area contributed by atoms with E-state index < -0.39 is 0 Å². The summed E-state index contributed by atoms with van der Waals surface area (Å²) in [5.41, 5.74) is 13.9. The maximum Gasteiger partial charge on any atom is 0.157 e. The van der Waals surface area contributed by atoms with Crippen molar-refractivity contribution in [2.45, 2.75) is 33.1 Å². The Kier molecular flexibility index (Phi) is 4.41. The third kappa shape index (κ3) is 2.80. The molecule has 9 rings (SSSR count). The van der Waals surface area contributed by atoms with Crippen LogP contribution >= 0.6 is 0 Å². The lowest BCUT2D eigenvalue weighted by molar-refractivity contribution is 0.666. The Morgan fingerprint density at radius 2 is 1.26 bits per heavy atom. The van der Waals surface area contributed by atoms with Crippen LogP contribution in [0, 0.1) is 13.8 Å². The van der Waals surface area contributed by atoms with Gasteiger partial charge in [-0.3, -0.25) is 24.5 Å². The Labute approximate surface area is 241 Å². The van der Waals surface area contributed by atoms with E-state index in [1.165, 1.54) is 44.2 Å². The lowest BCUT2D eigenvalue weighted by Crippen LogP contribution is -2.15. The molecule has 4 aromatic heterocycles. The molecule has 0 saturated carbocycles. The number of aryl methyl sites for hydroxylation is 2. The molecule has 7 heteroatoms. The third-order valence-electron chi connectivity index (χ3n) is 9.02. The van der Waals surface area contributed by atoms with Crippen molar-refractivity contribution in [1.82, 2.24) is 34.5 Å². The quantitative estimate of drug-likeness (QED) is 0.199. The summed E-state index contributed by atoms with van der Waals surface area (Å²) in [6.45, 7) is 9.07. The first-order valence-electron chi connectivity index (χ1n) is 14.1. The first kappa shape index (κ1) is 23.4. The number of rotatable bonds is 1. The number of hydrogen-bond donors (Lipinski definition) is 0. The van der Waals surface area contributed by atoms with Crippen molar-refractivity contribution in [3.63, 3.8) is 0 Å². The van der Waals surface area contributed by atoms with E-state index in [9.17, 15) is 0 Å². The molecule has 0 N–H and O–H groups in total. The summed E-state index contributed by atoms with van der Waals surface area (Å²) in [5.74, 6) is 0.739. The fraction of sp³-hybridized carbons (Fsp3) is 0.143. The molecule has 0 amide bonds. The fourth-order valence-electron chi connectivity index (χ4n) is 7.31. The van der Waals surface area contributed by atoms with Gasteiger partial charge in [0.25, 0.3) is 0 Å². The predicted octanol–water partition coefficient (Wildman–Crippen LogP) is 7.54. The molecule has 0 saturated heterocycles. The minimum atomic E-state index is -0.154. The molecule has 4 aromatic carbocycles. The fourth-order valence-corrected chi connectivity index (χ4v) is 7.31. The van der Waals surface area contributed by atoms with Crippen LogP contribution in [-0.2, 0) is 5.41 Å². The molecule has 0 unspecified atom stereocenters. The second-order valence-corrected chi connectivity index (χ2v) is 11.7. The van der Waals surface area contributed by atoms with E-state index in [2.05, 4.69) is 101 Å². The van der Waals surface area contributed by atoms with Gasteiger partial charge in [0.05, 0.1) is 17.2 Å². The number of hydrogen-bond acceptors (Lipinski definition) is 6. The van der Waals surface area contributed by atoms with E-state index >= 15 is 0 Å². The Morgan fingerprint density at radius 3 is 1.98 bits per heavy atom. The first-order valence-corrected chi connectivity index (χ1v) is 14.1. The number of benzene rings is 4. The SMILES string of the molecule is Cc1cccc2c3c4c(cc(C)c3n(-c3cnc5c6nccnc6c6nccnc6c5n3)c12)-c1ccccc1C4(C)C. The highest BCUT2D eigenvalue weighted by Crippen LogP contribution is 2.54. The van der Waals surface area contributed by atoms with Crippen LogP contribution in [0.3, 0.4) is 0 Å². The topological polar surface area (TPSA) is 82.3 Å². The van der Waals surface area contributed by atoms with Crippen molar-refractivity contribution >= 4 is 54.9 Å². The molecule has 0 radical (unpaired) electrons. The van der Waals surface area contributed by atoms with Gasteiger partial charge in [0.1, 0.15) is 33.1 Å². The van der Waals surface area contributed by atoms with Crippen LogP contribution in [0.15, 0.2) is 79.5 Å².